The van der Waals surface area contributed by atoms with Crippen LogP contribution in [0.15, 0.2) is 23.2 Å². The highest BCUT2D eigenvalue weighted by Gasteiger charge is 2.12. The molecule has 1 heterocycles. The highest BCUT2D eigenvalue weighted by molar-refractivity contribution is 5.81. The first-order valence-electron chi connectivity index (χ1n) is 5.95. The molecule has 0 aromatic heterocycles. The maximum atomic E-state index is 5.36. The third-order valence-corrected chi connectivity index (χ3v) is 2.99. The van der Waals surface area contributed by atoms with E-state index in [1.54, 1.807) is 14.2 Å². The van der Waals surface area contributed by atoms with Gasteiger partial charge in [-0.1, -0.05) is 0 Å². The van der Waals surface area contributed by atoms with Gasteiger partial charge in [0, 0.05) is 31.8 Å². The zero-order valence-corrected chi connectivity index (χ0v) is 11.1. The van der Waals surface area contributed by atoms with E-state index in [2.05, 4.69) is 15.2 Å². The Hall–Kier alpha value is -1.91. The number of benzene rings is 1. The quantitative estimate of drug-likeness (QED) is 0.868. The van der Waals surface area contributed by atoms with Gasteiger partial charge in [-0.3, -0.25) is 4.99 Å². The summed E-state index contributed by atoms with van der Waals surface area (Å²) < 4.78 is 10.5. The molecule has 0 atom stereocenters. The van der Waals surface area contributed by atoms with E-state index in [1.165, 1.54) is 0 Å². The molecule has 0 saturated heterocycles. The van der Waals surface area contributed by atoms with E-state index in [4.69, 9.17) is 9.47 Å². The van der Waals surface area contributed by atoms with Crippen molar-refractivity contribution in [1.82, 2.24) is 10.2 Å². The van der Waals surface area contributed by atoms with E-state index in [0.29, 0.717) is 6.54 Å². The minimum absolute atomic E-state index is 0.691. The van der Waals surface area contributed by atoms with Crippen molar-refractivity contribution in [1.29, 1.82) is 0 Å². The second-order valence-corrected chi connectivity index (χ2v) is 4.16. The van der Waals surface area contributed by atoms with Crippen molar-refractivity contribution in [2.45, 2.75) is 6.54 Å². The van der Waals surface area contributed by atoms with Gasteiger partial charge in [0.15, 0.2) is 5.96 Å². The van der Waals surface area contributed by atoms with Gasteiger partial charge in [0.2, 0.25) is 0 Å². The Balaban J connectivity index is 2.04. The van der Waals surface area contributed by atoms with Gasteiger partial charge in [0.25, 0.3) is 0 Å². The van der Waals surface area contributed by atoms with E-state index in [9.17, 15) is 0 Å². The molecule has 0 aliphatic carbocycles. The molecule has 18 heavy (non-hydrogen) atoms. The lowest BCUT2D eigenvalue weighted by molar-refractivity contribution is 0.390. The third kappa shape index (κ3) is 2.67. The summed E-state index contributed by atoms with van der Waals surface area (Å²) in [5.41, 5.74) is 1.08. The smallest absolute Gasteiger partial charge is 0.194 e. The number of rotatable bonds is 4. The summed E-state index contributed by atoms with van der Waals surface area (Å²) in [7, 11) is 5.34. The molecule has 5 heteroatoms. The topological polar surface area (TPSA) is 46.1 Å². The first-order chi connectivity index (χ1) is 8.74. The van der Waals surface area contributed by atoms with Crippen molar-refractivity contribution in [3.8, 4) is 11.5 Å². The van der Waals surface area contributed by atoms with Crippen molar-refractivity contribution >= 4 is 5.96 Å². The Morgan fingerprint density at radius 1 is 1.33 bits per heavy atom. The Bertz CT molecular complexity index is 446. The van der Waals surface area contributed by atoms with Gasteiger partial charge in [-0.05, 0) is 12.1 Å². The van der Waals surface area contributed by atoms with E-state index in [0.717, 1.165) is 36.1 Å². The fraction of sp³-hybridized carbons (Fsp3) is 0.462. The molecule has 0 spiro atoms. The van der Waals surface area contributed by atoms with Gasteiger partial charge in [-0.15, -0.1) is 0 Å². The normalized spacial score (nSPS) is 14.4. The summed E-state index contributed by atoms with van der Waals surface area (Å²) in [5, 5.41) is 3.31. The monoisotopic (exact) mass is 249 g/mol. The molecule has 0 fully saturated rings. The van der Waals surface area contributed by atoms with E-state index < -0.39 is 0 Å². The van der Waals surface area contributed by atoms with Crippen LogP contribution in [0.3, 0.4) is 0 Å². The average Bonchev–Trinajstić information content (AvgIpc) is 2.81. The van der Waals surface area contributed by atoms with Crippen LogP contribution < -0.4 is 14.8 Å². The maximum absolute atomic E-state index is 5.36. The highest BCUT2D eigenvalue weighted by atomic mass is 16.5. The Labute approximate surface area is 107 Å². The molecule has 5 nitrogen and oxygen atoms in total. The molecule has 0 radical (unpaired) electrons. The Morgan fingerprint density at radius 3 is 2.78 bits per heavy atom. The summed E-state index contributed by atoms with van der Waals surface area (Å²) in [4.78, 5) is 6.49. The number of guanidine groups is 1. The molecular formula is C13H19N3O2. The number of ether oxygens (including phenoxy) is 2. The zero-order chi connectivity index (χ0) is 13.0. The number of hydrogen-bond acceptors (Lipinski definition) is 5. The molecule has 0 bridgehead atoms. The first-order valence-corrected chi connectivity index (χ1v) is 5.95. The minimum Gasteiger partial charge on any atom is -0.497 e. The van der Waals surface area contributed by atoms with Crippen LogP contribution in [-0.2, 0) is 6.54 Å². The summed E-state index contributed by atoms with van der Waals surface area (Å²) >= 11 is 0. The predicted molar refractivity (Wildman–Crippen MR) is 71.3 cm³/mol. The zero-order valence-electron chi connectivity index (χ0n) is 11.1. The summed E-state index contributed by atoms with van der Waals surface area (Å²) in [6.07, 6.45) is 0. The fourth-order valence-electron chi connectivity index (χ4n) is 1.90. The summed E-state index contributed by atoms with van der Waals surface area (Å²) in [5.74, 6) is 2.56. The predicted octanol–water partition coefficient (Wildman–Crippen LogP) is 1.09. The molecule has 1 aromatic carbocycles. The fourth-order valence-corrected chi connectivity index (χ4v) is 1.90. The molecule has 98 valence electrons. The molecule has 1 N–H and O–H groups in total. The molecule has 2 rings (SSSR count). The molecule has 0 amide bonds. The van der Waals surface area contributed by atoms with Crippen LogP contribution in [0, 0.1) is 0 Å². The Kier molecular flexibility index (Phi) is 3.92. The number of methoxy groups -OCH3 is 2. The number of nitrogens with zero attached hydrogens (tertiary/aromatic N) is 2. The van der Waals surface area contributed by atoms with E-state index in [-0.39, 0.29) is 0 Å². The van der Waals surface area contributed by atoms with Crippen LogP contribution >= 0.6 is 0 Å². The SMILES string of the molecule is COc1ccc(CNC2=NCCN2C)c(OC)c1. The van der Waals surface area contributed by atoms with Gasteiger partial charge in [0.05, 0.1) is 20.8 Å². The summed E-state index contributed by atoms with van der Waals surface area (Å²) in [6.45, 7) is 2.52. The molecular weight excluding hydrogens is 230 g/mol. The number of hydrogen-bond donors (Lipinski definition) is 1. The van der Waals surface area contributed by atoms with Crippen LogP contribution in [-0.4, -0.2) is 45.2 Å². The average molecular weight is 249 g/mol. The van der Waals surface area contributed by atoms with E-state index in [1.807, 2.05) is 25.2 Å². The maximum Gasteiger partial charge on any atom is 0.194 e. The molecule has 0 saturated carbocycles. The second kappa shape index (κ2) is 5.62. The van der Waals surface area contributed by atoms with Gasteiger partial charge in [-0.25, -0.2) is 0 Å². The van der Waals surface area contributed by atoms with Crippen LogP contribution in [0.4, 0.5) is 0 Å². The molecule has 1 aliphatic heterocycles. The number of nitrogens with one attached hydrogen (secondary N) is 1. The lowest BCUT2D eigenvalue weighted by atomic mass is 10.2. The lowest BCUT2D eigenvalue weighted by Crippen LogP contribution is -2.35. The van der Waals surface area contributed by atoms with Crippen molar-refractivity contribution in [2.75, 3.05) is 34.4 Å². The lowest BCUT2D eigenvalue weighted by Gasteiger charge is -2.16. The van der Waals surface area contributed by atoms with Crippen molar-refractivity contribution in [3.63, 3.8) is 0 Å². The van der Waals surface area contributed by atoms with Gasteiger partial charge in [0.1, 0.15) is 11.5 Å². The van der Waals surface area contributed by atoms with Crippen LogP contribution in [0.1, 0.15) is 5.56 Å². The van der Waals surface area contributed by atoms with Crippen molar-refractivity contribution in [2.24, 2.45) is 4.99 Å². The third-order valence-electron chi connectivity index (χ3n) is 2.99. The van der Waals surface area contributed by atoms with Crippen LogP contribution in [0.25, 0.3) is 0 Å². The molecule has 1 aliphatic rings. The summed E-state index contributed by atoms with van der Waals surface area (Å²) in [6, 6.07) is 5.82. The van der Waals surface area contributed by atoms with Crippen LogP contribution in [0.2, 0.25) is 0 Å². The standard InChI is InChI=1S/C13H19N3O2/c1-16-7-6-14-13(16)15-9-10-4-5-11(17-2)8-12(10)18-3/h4-5,8H,6-7,9H2,1-3H3,(H,14,15). The first kappa shape index (κ1) is 12.5. The van der Waals surface area contributed by atoms with Gasteiger partial charge in [-0.2, -0.15) is 0 Å². The highest BCUT2D eigenvalue weighted by Crippen LogP contribution is 2.24. The van der Waals surface area contributed by atoms with Crippen molar-refractivity contribution in [3.05, 3.63) is 23.8 Å². The van der Waals surface area contributed by atoms with Gasteiger partial charge < -0.3 is 19.7 Å². The number of likely N-dealkylation sites (N-methyl/N-ethyl adjacent to an activating group) is 1. The largest absolute Gasteiger partial charge is 0.497 e. The molecule has 0 unspecified atom stereocenters. The number of aliphatic imine (C=N–C) groups is 1. The van der Waals surface area contributed by atoms with Crippen LogP contribution in [0.5, 0.6) is 11.5 Å². The second-order valence-electron chi connectivity index (χ2n) is 4.16. The van der Waals surface area contributed by atoms with Crippen molar-refractivity contribution < 1.29 is 9.47 Å². The Morgan fingerprint density at radius 2 is 2.17 bits per heavy atom. The van der Waals surface area contributed by atoms with E-state index >= 15 is 0 Å². The molecule has 1 aromatic rings. The minimum atomic E-state index is 0.691. The van der Waals surface area contributed by atoms with Gasteiger partial charge >= 0.3 is 0 Å².